The summed E-state index contributed by atoms with van der Waals surface area (Å²) in [6.07, 6.45) is 8.29. The van der Waals surface area contributed by atoms with Crippen LogP contribution in [-0.2, 0) is 0 Å². The molecule has 2 aliphatic rings. The van der Waals surface area contributed by atoms with Crippen LogP contribution in [0, 0.1) is 12.8 Å². The van der Waals surface area contributed by atoms with Crippen molar-refractivity contribution >= 4 is 27.4 Å². The average molecular weight is 374 g/mol. The normalized spacial score (nSPS) is 22.5. The predicted molar refractivity (Wildman–Crippen MR) is 110 cm³/mol. The molecule has 0 aromatic carbocycles. The van der Waals surface area contributed by atoms with E-state index in [1.807, 2.05) is 0 Å². The van der Waals surface area contributed by atoms with Gasteiger partial charge in [-0.15, -0.1) is 11.3 Å². The van der Waals surface area contributed by atoms with Gasteiger partial charge in [0.25, 0.3) is 0 Å². The van der Waals surface area contributed by atoms with Crippen molar-refractivity contribution in [3.05, 3.63) is 17.3 Å². The second kappa shape index (κ2) is 8.19. The van der Waals surface area contributed by atoms with Gasteiger partial charge < -0.3 is 15.1 Å². The summed E-state index contributed by atoms with van der Waals surface area (Å²) in [6, 6.07) is 0.804. The number of aromatic nitrogens is 2. The third-order valence-corrected chi connectivity index (χ3v) is 7.21. The molecule has 4 heterocycles. The van der Waals surface area contributed by atoms with E-state index < -0.39 is 0 Å². The van der Waals surface area contributed by atoms with Crippen LogP contribution in [0.5, 0.6) is 0 Å². The first-order chi connectivity index (χ1) is 12.7. The van der Waals surface area contributed by atoms with Gasteiger partial charge in [-0.05, 0) is 82.6 Å². The van der Waals surface area contributed by atoms with Gasteiger partial charge in [0.15, 0.2) is 0 Å². The van der Waals surface area contributed by atoms with Gasteiger partial charge in [-0.25, -0.2) is 9.97 Å². The van der Waals surface area contributed by atoms with E-state index in [1.54, 1.807) is 17.7 Å². The predicted octanol–water partition coefficient (Wildman–Crippen LogP) is 3.29. The van der Waals surface area contributed by atoms with E-state index in [2.05, 4.69) is 44.4 Å². The quantitative estimate of drug-likeness (QED) is 0.787. The molecule has 0 radical (unpaired) electrons. The third-order valence-electron chi connectivity index (χ3n) is 6.21. The zero-order valence-electron chi connectivity index (χ0n) is 16.1. The van der Waals surface area contributed by atoms with Crippen molar-refractivity contribution < 1.29 is 0 Å². The molecule has 0 aliphatic carbocycles. The third kappa shape index (κ3) is 3.87. The molecule has 2 saturated heterocycles. The van der Waals surface area contributed by atoms with Crippen LogP contribution in [0.15, 0.2) is 11.7 Å². The lowest BCUT2D eigenvalue weighted by atomic mass is 9.96. The summed E-state index contributed by atoms with van der Waals surface area (Å²) in [5.74, 6) is 1.94. The molecule has 0 amide bonds. The number of anilines is 1. The monoisotopic (exact) mass is 373 g/mol. The van der Waals surface area contributed by atoms with E-state index in [0.717, 1.165) is 42.2 Å². The molecule has 0 bridgehead atoms. The number of thiophene rings is 1. The maximum Gasteiger partial charge on any atom is 0.141 e. The van der Waals surface area contributed by atoms with E-state index >= 15 is 0 Å². The van der Waals surface area contributed by atoms with Gasteiger partial charge in [0, 0.05) is 19.1 Å². The Labute approximate surface area is 160 Å². The van der Waals surface area contributed by atoms with Gasteiger partial charge in [0.1, 0.15) is 17.0 Å². The van der Waals surface area contributed by atoms with E-state index in [-0.39, 0.29) is 0 Å². The SMILES string of the molecule is Cc1csc2ncnc(N3CCC(CNCCC4CCCN4C)CC3)c12. The summed E-state index contributed by atoms with van der Waals surface area (Å²) in [4.78, 5) is 15.2. The number of nitrogens with zero attached hydrogens (tertiary/aromatic N) is 4. The van der Waals surface area contributed by atoms with Crippen LogP contribution < -0.4 is 10.2 Å². The van der Waals surface area contributed by atoms with Crippen molar-refractivity contribution in [1.29, 1.82) is 0 Å². The molecule has 2 aliphatic heterocycles. The molecule has 0 spiro atoms. The summed E-state index contributed by atoms with van der Waals surface area (Å²) in [6.45, 7) is 8.00. The Kier molecular flexibility index (Phi) is 5.72. The largest absolute Gasteiger partial charge is 0.356 e. The second-order valence-electron chi connectivity index (χ2n) is 8.00. The fourth-order valence-electron chi connectivity index (χ4n) is 4.51. The summed E-state index contributed by atoms with van der Waals surface area (Å²) < 4.78 is 0. The first-order valence-corrected chi connectivity index (χ1v) is 10.9. The van der Waals surface area contributed by atoms with Crippen LogP contribution in [0.3, 0.4) is 0 Å². The van der Waals surface area contributed by atoms with Crippen molar-refractivity contribution in [2.45, 2.75) is 45.1 Å². The first kappa shape index (κ1) is 18.1. The zero-order valence-corrected chi connectivity index (χ0v) is 16.9. The first-order valence-electron chi connectivity index (χ1n) is 10.1. The molecular weight excluding hydrogens is 342 g/mol. The Morgan fingerprint density at radius 3 is 2.81 bits per heavy atom. The molecule has 1 unspecified atom stereocenters. The van der Waals surface area contributed by atoms with E-state index in [0.29, 0.717) is 0 Å². The smallest absolute Gasteiger partial charge is 0.141 e. The molecule has 2 aromatic heterocycles. The number of hydrogen-bond acceptors (Lipinski definition) is 6. The lowest BCUT2D eigenvalue weighted by Gasteiger charge is -2.33. The Hall–Kier alpha value is -1.24. The van der Waals surface area contributed by atoms with Gasteiger partial charge in [0.05, 0.1) is 5.39 Å². The van der Waals surface area contributed by atoms with Gasteiger partial charge >= 0.3 is 0 Å². The lowest BCUT2D eigenvalue weighted by Crippen LogP contribution is -2.38. The van der Waals surface area contributed by atoms with Gasteiger partial charge in [-0.1, -0.05) is 0 Å². The lowest BCUT2D eigenvalue weighted by molar-refractivity contribution is 0.289. The molecule has 2 fully saturated rings. The van der Waals surface area contributed by atoms with Crippen LogP contribution in [0.2, 0.25) is 0 Å². The number of aryl methyl sites for hydroxylation is 1. The Morgan fingerprint density at radius 1 is 1.19 bits per heavy atom. The summed E-state index contributed by atoms with van der Waals surface area (Å²) in [5.41, 5.74) is 1.31. The van der Waals surface area contributed by atoms with E-state index in [9.17, 15) is 0 Å². The minimum absolute atomic E-state index is 0.799. The summed E-state index contributed by atoms with van der Waals surface area (Å²) in [7, 11) is 2.27. The second-order valence-corrected chi connectivity index (χ2v) is 8.85. The van der Waals surface area contributed by atoms with Crippen molar-refractivity contribution in [1.82, 2.24) is 20.2 Å². The minimum atomic E-state index is 0.799. The maximum atomic E-state index is 4.62. The molecule has 5 nitrogen and oxygen atoms in total. The van der Waals surface area contributed by atoms with Crippen LogP contribution in [0.4, 0.5) is 5.82 Å². The number of nitrogens with one attached hydrogen (secondary N) is 1. The molecule has 142 valence electrons. The van der Waals surface area contributed by atoms with Crippen molar-refractivity contribution in [3.8, 4) is 0 Å². The van der Waals surface area contributed by atoms with Crippen molar-refractivity contribution in [2.24, 2.45) is 5.92 Å². The number of piperidine rings is 1. The van der Waals surface area contributed by atoms with Gasteiger partial charge in [-0.2, -0.15) is 0 Å². The standard InChI is InChI=1S/C20H31N5S/c1-15-13-26-20-18(15)19(22-14-23-20)25-10-6-16(7-11-25)12-21-8-5-17-4-3-9-24(17)2/h13-14,16-17,21H,3-12H2,1-2H3. The summed E-state index contributed by atoms with van der Waals surface area (Å²) in [5, 5.41) is 7.18. The minimum Gasteiger partial charge on any atom is -0.356 e. The van der Waals surface area contributed by atoms with Crippen LogP contribution in [0.25, 0.3) is 10.2 Å². The van der Waals surface area contributed by atoms with Crippen LogP contribution in [0.1, 0.15) is 37.7 Å². The molecule has 1 N–H and O–H groups in total. The van der Waals surface area contributed by atoms with Crippen LogP contribution in [-0.4, -0.2) is 60.7 Å². The Bertz CT molecular complexity index is 722. The molecule has 1 atom stereocenters. The number of likely N-dealkylation sites (tertiary alicyclic amines) is 1. The number of fused-ring (bicyclic) bond motifs is 1. The summed E-state index contributed by atoms with van der Waals surface area (Å²) >= 11 is 1.73. The van der Waals surface area contributed by atoms with E-state index in [1.165, 1.54) is 56.1 Å². The average Bonchev–Trinajstić information content (AvgIpc) is 3.25. The Morgan fingerprint density at radius 2 is 2.04 bits per heavy atom. The highest BCUT2D eigenvalue weighted by Gasteiger charge is 2.23. The van der Waals surface area contributed by atoms with Gasteiger partial charge in [0.2, 0.25) is 0 Å². The molecular formula is C20H31N5S. The number of rotatable bonds is 6. The van der Waals surface area contributed by atoms with Crippen molar-refractivity contribution in [2.75, 3.05) is 44.7 Å². The molecule has 2 aromatic rings. The fourth-order valence-corrected chi connectivity index (χ4v) is 5.39. The van der Waals surface area contributed by atoms with E-state index in [4.69, 9.17) is 0 Å². The topological polar surface area (TPSA) is 44.3 Å². The Balaban J connectivity index is 1.24. The van der Waals surface area contributed by atoms with Crippen molar-refractivity contribution in [3.63, 3.8) is 0 Å². The molecule has 0 saturated carbocycles. The maximum absolute atomic E-state index is 4.62. The highest BCUT2D eigenvalue weighted by Crippen LogP contribution is 2.32. The molecule has 26 heavy (non-hydrogen) atoms. The molecule has 6 heteroatoms. The fraction of sp³-hybridized carbons (Fsp3) is 0.700. The van der Waals surface area contributed by atoms with Gasteiger partial charge in [-0.3, -0.25) is 0 Å². The number of hydrogen-bond donors (Lipinski definition) is 1. The zero-order chi connectivity index (χ0) is 17.9. The highest BCUT2D eigenvalue weighted by atomic mass is 32.1. The van der Waals surface area contributed by atoms with Crippen LogP contribution >= 0.6 is 11.3 Å². The highest BCUT2D eigenvalue weighted by molar-refractivity contribution is 7.17. The molecule has 4 rings (SSSR count).